The third-order valence-electron chi connectivity index (χ3n) is 0.673. The van der Waals surface area contributed by atoms with Crippen molar-refractivity contribution in [1.29, 1.82) is 0 Å². The standard InChI is InChI=1S/C4H10O2S.FH.K/c1-2-3-4-7(5)6;;/h2-4H2,1H3,(H,5,6);1H;. The summed E-state index contributed by atoms with van der Waals surface area (Å²) in [6, 6.07) is 0. The molecule has 0 aromatic heterocycles. The van der Waals surface area contributed by atoms with Crippen LogP contribution in [0.1, 0.15) is 19.8 Å². The van der Waals surface area contributed by atoms with Crippen LogP contribution in [0.5, 0.6) is 0 Å². The molecule has 0 aliphatic heterocycles. The van der Waals surface area contributed by atoms with E-state index in [9.17, 15) is 4.21 Å². The number of halogens is 1. The zero-order valence-electron chi connectivity index (χ0n) is 5.79. The van der Waals surface area contributed by atoms with E-state index in [1.807, 2.05) is 6.92 Å². The molecule has 0 rings (SSSR count). The smallest absolute Gasteiger partial charge is 0.152 e. The molecule has 0 fully saturated rings. The van der Waals surface area contributed by atoms with E-state index in [-0.39, 0.29) is 56.1 Å². The first-order chi connectivity index (χ1) is 3.27. The molecule has 1 N–H and O–H groups in total. The van der Waals surface area contributed by atoms with E-state index in [4.69, 9.17) is 4.55 Å². The number of rotatable bonds is 3. The van der Waals surface area contributed by atoms with Crippen LogP contribution in [0.15, 0.2) is 0 Å². The molecular formula is C4H11FKO2S. The second kappa shape index (κ2) is 12.4. The summed E-state index contributed by atoms with van der Waals surface area (Å²) in [5.74, 6) is 0.427. The van der Waals surface area contributed by atoms with Crippen LogP contribution in [0.4, 0.5) is 4.70 Å². The van der Waals surface area contributed by atoms with E-state index in [1.54, 1.807) is 0 Å². The molecule has 1 unspecified atom stereocenters. The molecule has 9 heavy (non-hydrogen) atoms. The Labute approximate surface area is 99.9 Å². The molecule has 0 bridgehead atoms. The Kier molecular flexibility index (Phi) is 23.3. The zero-order chi connectivity index (χ0) is 5.70. The van der Waals surface area contributed by atoms with Gasteiger partial charge in [0.2, 0.25) is 0 Å². The second-order valence-corrected chi connectivity index (χ2v) is 2.43. The Morgan fingerprint density at radius 2 is 2.00 bits per heavy atom. The van der Waals surface area contributed by atoms with Gasteiger partial charge in [-0.3, -0.25) is 4.70 Å². The van der Waals surface area contributed by atoms with E-state index in [1.165, 1.54) is 0 Å². The van der Waals surface area contributed by atoms with E-state index >= 15 is 0 Å². The van der Waals surface area contributed by atoms with Crippen molar-refractivity contribution in [3.8, 4) is 0 Å². The summed E-state index contributed by atoms with van der Waals surface area (Å²) in [5.41, 5.74) is 0. The largest absolute Gasteiger partial charge is 0.306 e. The molecule has 0 saturated carbocycles. The number of hydrogen-bond donors (Lipinski definition) is 1. The second-order valence-electron chi connectivity index (χ2n) is 1.38. The molecular weight excluding hydrogens is 170 g/mol. The number of unbranched alkanes of at least 4 members (excludes halogenated alkanes) is 1. The van der Waals surface area contributed by atoms with Crippen molar-refractivity contribution in [2.24, 2.45) is 0 Å². The van der Waals surface area contributed by atoms with Gasteiger partial charge in [-0.1, -0.05) is 13.3 Å². The van der Waals surface area contributed by atoms with Gasteiger partial charge in [0, 0.05) is 57.1 Å². The maximum atomic E-state index is 9.87. The third kappa shape index (κ3) is 17.7. The van der Waals surface area contributed by atoms with Gasteiger partial charge in [0.15, 0.2) is 11.1 Å². The van der Waals surface area contributed by atoms with Crippen LogP contribution in [-0.2, 0) is 11.1 Å². The van der Waals surface area contributed by atoms with Crippen molar-refractivity contribution in [3.63, 3.8) is 0 Å². The maximum Gasteiger partial charge on any atom is 0.152 e. The predicted octanol–water partition coefficient (Wildman–Crippen LogP) is 0.780. The number of hydrogen-bond acceptors (Lipinski definition) is 1. The van der Waals surface area contributed by atoms with Gasteiger partial charge in [0.05, 0.1) is 0 Å². The van der Waals surface area contributed by atoms with Crippen molar-refractivity contribution in [1.82, 2.24) is 0 Å². The zero-order valence-corrected chi connectivity index (χ0v) is 9.73. The van der Waals surface area contributed by atoms with Gasteiger partial charge in [0.25, 0.3) is 0 Å². The average Bonchev–Trinajstić information content (AvgIpc) is 1.61. The van der Waals surface area contributed by atoms with Crippen LogP contribution in [0.3, 0.4) is 0 Å². The quantitative estimate of drug-likeness (QED) is 0.516. The van der Waals surface area contributed by atoms with Gasteiger partial charge in [-0.05, 0) is 6.42 Å². The van der Waals surface area contributed by atoms with E-state index in [2.05, 4.69) is 0 Å². The Balaban J connectivity index is -0.000000180. The molecule has 0 aromatic rings. The maximum absolute atomic E-state index is 9.87. The minimum Gasteiger partial charge on any atom is -0.306 e. The van der Waals surface area contributed by atoms with E-state index < -0.39 is 11.1 Å². The van der Waals surface area contributed by atoms with Crippen LogP contribution in [0.2, 0.25) is 0 Å². The Morgan fingerprint density at radius 3 is 2.11 bits per heavy atom. The van der Waals surface area contributed by atoms with Crippen LogP contribution in [0, 0.1) is 0 Å². The van der Waals surface area contributed by atoms with Gasteiger partial charge in [-0.15, -0.1) is 0 Å². The summed E-state index contributed by atoms with van der Waals surface area (Å²) in [4.78, 5) is 0. The average molecular weight is 181 g/mol. The molecule has 2 nitrogen and oxygen atoms in total. The fourth-order valence-electron chi connectivity index (χ4n) is 0.268. The SMILES string of the molecule is CCCCS(=O)O.F.[K]. The first kappa shape index (κ1) is 17.0. The molecule has 0 saturated heterocycles. The third-order valence-corrected chi connectivity index (χ3v) is 1.31. The molecule has 0 aromatic carbocycles. The molecule has 0 amide bonds. The summed E-state index contributed by atoms with van der Waals surface area (Å²) in [7, 11) is 0. The Hall–Kier alpha value is 1.68. The first-order valence-electron chi connectivity index (χ1n) is 2.35. The van der Waals surface area contributed by atoms with Gasteiger partial charge in [-0.2, -0.15) is 0 Å². The summed E-state index contributed by atoms with van der Waals surface area (Å²) >= 11 is -1.57. The van der Waals surface area contributed by atoms with E-state index in [0.717, 1.165) is 12.8 Å². The Bertz CT molecular complexity index is 71.6. The summed E-state index contributed by atoms with van der Waals surface area (Å²) in [6.45, 7) is 1.99. The van der Waals surface area contributed by atoms with E-state index in [0.29, 0.717) is 5.75 Å². The molecule has 5 heteroatoms. The molecule has 0 spiro atoms. The van der Waals surface area contributed by atoms with Gasteiger partial charge in [0.1, 0.15) is 0 Å². The Morgan fingerprint density at radius 1 is 1.56 bits per heavy atom. The monoisotopic (exact) mass is 181 g/mol. The van der Waals surface area contributed by atoms with Crippen molar-refractivity contribution in [3.05, 3.63) is 0 Å². The predicted molar refractivity (Wildman–Crippen MR) is 38.8 cm³/mol. The fourth-order valence-corrected chi connectivity index (χ4v) is 0.803. The molecule has 0 aliphatic carbocycles. The minimum atomic E-state index is -1.57. The summed E-state index contributed by atoms with van der Waals surface area (Å²) < 4.78 is 18.0. The molecule has 0 heterocycles. The topological polar surface area (TPSA) is 37.3 Å². The fraction of sp³-hybridized carbons (Fsp3) is 1.00. The van der Waals surface area contributed by atoms with Crippen molar-refractivity contribution >= 4 is 62.5 Å². The van der Waals surface area contributed by atoms with Crippen molar-refractivity contribution in [2.75, 3.05) is 5.75 Å². The van der Waals surface area contributed by atoms with Gasteiger partial charge < -0.3 is 4.55 Å². The summed E-state index contributed by atoms with van der Waals surface area (Å²) in [6.07, 6.45) is 1.84. The van der Waals surface area contributed by atoms with Crippen LogP contribution >= 0.6 is 0 Å². The summed E-state index contributed by atoms with van der Waals surface area (Å²) in [5, 5.41) is 0. The normalized spacial score (nSPS) is 10.9. The van der Waals surface area contributed by atoms with Crippen molar-refractivity contribution in [2.45, 2.75) is 19.8 Å². The minimum absolute atomic E-state index is 0. The molecule has 1 atom stereocenters. The van der Waals surface area contributed by atoms with Gasteiger partial charge in [-0.25, -0.2) is 4.21 Å². The molecule has 0 aliphatic rings. The molecule has 53 valence electrons. The van der Waals surface area contributed by atoms with Crippen LogP contribution in [0.25, 0.3) is 0 Å². The van der Waals surface area contributed by atoms with Gasteiger partial charge >= 0.3 is 0 Å². The van der Waals surface area contributed by atoms with Crippen molar-refractivity contribution < 1.29 is 13.5 Å². The van der Waals surface area contributed by atoms with Crippen LogP contribution < -0.4 is 0 Å². The molecule has 1 radical (unpaired) electrons. The first-order valence-corrected chi connectivity index (χ1v) is 3.62. The van der Waals surface area contributed by atoms with Crippen LogP contribution in [-0.4, -0.2) is 65.9 Å².